The van der Waals surface area contributed by atoms with E-state index in [0.29, 0.717) is 31.7 Å². The van der Waals surface area contributed by atoms with Crippen molar-refractivity contribution in [1.82, 2.24) is 4.31 Å². The average Bonchev–Trinajstić information content (AvgIpc) is 3.67. The molecule has 1 heterocycles. The number of nitrogens with zero attached hydrogens (tertiary/aromatic N) is 1. The molecule has 1 aliphatic heterocycles. The number of carbonyl (C=O) groups is 2. The maximum absolute atomic E-state index is 13.3. The van der Waals surface area contributed by atoms with Crippen molar-refractivity contribution in [3.63, 3.8) is 0 Å². The minimum absolute atomic E-state index is 0.0141. The first-order valence-corrected chi connectivity index (χ1v) is 13.5. The molecule has 188 valence electrons. The van der Waals surface area contributed by atoms with Crippen LogP contribution in [0.3, 0.4) is 0 Å². The molecule has 1 saturated heterocycles. The highest BCUT2D eigenvalue weighted by Gasteiger charge is 2.52. The number of rotatable bonds is 8. The van der Waals surface area contributed by atoms with Crippen LogP contribution < -0.4 is 10.1 Å². The quantitative estimate of drug-likeness (QED) is 0.528. The van der Waals surface area contributed by atoms with Gasteiger partial charge in [-0.05, 0) is 68.5 Å². The first kappa shape index (κ1) is 25.5. The number of sulfonamides is 1. The number of hydrogen-bond donors (Lipinski definition) is 1. The van der Waals surface area contributed by atoms with E-state index in [-0.39, 0.29) is 34.1 Å². The van der Waals surface area contributed by atoms with Gasteiger partial charge in [0.15, 0.2) is 0 Å². The second kappa shape index (κ2) is 10.2. The predicted octanol–water partition coefficient (Wildman–Crippen LogP) is 3.98. The SMILES string of the molecule is CCOC(=O)C1(c2ccc(NC(=O)C3CCCN(S(=O)(=O)c4cc(Cl)ccc4OC)C3)cc2)CC1. The Morgan fingerprint density at radius 2 is 1.89 bits per heavy atom. The molecule has 2 fully saturated rings. The Kier molecular flexibility index (Phi) is 7.40. The normalized spacial score (nSPS) is 19.6. The number of hydrogen-bond acceptors (Lipinski definition) is 6. The van der Waals surface area contributed by atoms with Crippen molar-refractivity contribution >= 4 is 39.2 Å². The van der Waals surface area contributed by atoms with Gasteiger partial charge in [-0.25, -0.2) is 8.42 Å². The maximum Gasteiger partial charge on any atom is 0.316 e. The Hall–Kier alpha value is -2.62. The van der Waals surface area contributed by atoms with Crippen LogP contribution in [-0.2, 0) is 29.8 Å². The molecule has 1 saturated carbocycles. The van der Waals surface area contributed by atoms with Crippen LogP contribution in [0.1, 0.15) is 38.2 Å². The van der Waals surface area contributed by atoms with Crippen LogP contribution in [-0.4, -0.2) is 51.4 Å². The Labute approximate surface area is 210 Å². The highest BCUT2D eigenvalue weighted by molar-refractivity contribution is 7.89. The summed E-state index contributed by atoms with van der Waals surface area (Å²) in [6.45, 7) is 2.50. The fourth-order valence-electron chi connectivity index (χ4n) is 4.49. The van der Waals surface area contributed by atoms with Gasteiger partial charge in [-0.15, -0.1) is 0 Å². The van der Waals surface area contributed by atoms with E-state index in [9.17, 15) is 18.0 Å². The Morgan fingerprint density at radius 1 is 1.17 bits per heavy atom. The van der Waals surface area contributed by atoms with E-state index in [1.807, 2.05) is 12.1 Å². The number of ether oxygens (including phenoxy) is 2. The van der Waals surface area contributed by atoms with Gasteiger partial charge in [-0.1, -0.05) is 23.7 Å². The summed E-state index contributed by atoms with van der Waals surface area (Å²) < 4.78 is 38.4. The molecule has 0 spiro atoms. The molecular formula is C25H29ClN2O6S. The number of halogens is 1. The lowest BCUT2D eigenvalue weighted by molar-refractivity contribution is -0.146. The summed E-state index contributed by atoms with van der Waals surface area (Å²) in [5.74, 6) is -0.756. The van der Waals surface area contributed by atoms with Crippen molar-refractivity contribution in [3.8, 4) is 5.75 Å². The fourth-order valence-corrected chi connectivity index (χ4v) is 6.43. The largest absolute Gasteiger partial charge is 0.495 e. The summed E-state index contributed by atoms with van der Waals surface area (Å²) >= 11 is 6.04. The summed E-state index contributed by atoms with van der Waals surface area (Å²) in [4.78, 5) is 25.3. The minimum atomic E-state index is -3.89. The second-order valence-corrected chi connectivity index (χ2v) is 11.2. The third kappa shape index (κ3) is 5.17. The average molecular weight is 521 g/mol. The third-order valence-electron chi connectivity index (χ3n) is 6.62. The molecule has 10 heteroatoms. The number of methoxy groups -OCH3 is 1. The number of esters is 1. The summed E-state index contributed by atoms with van der Waals surface area (Å²) in [6, 6.07) is 11.6. The third-order valence-corrected chi connectivity index (χ3v) is 8.74. The highest BCUT2D eigenvalue weighted by Crippen LogP contribution is 2.49. The topological polar surface area (TPSA) is 102 Å². The van der Waals surface area contributed by atoms with Gasteiger partial charge >= 0.3 is 5.97 Å². The van der Waals surface area contributed by atoms with Crippen LogP contribution in [0.4, 0.5) is 5.69 Å². The number of piperidine rings is 1. The van der Waals surface area contributed by atoms with E-state index in [1.165, 1.54) is 23.5 Å². The molecule has 2 aliphatic rings. The highest BCUT2D eigenvalue weighted by atomic mass is 35.5. The molecule has 2 aromatic carbocycles. The van der Waals surface area contributed by atoms with Gasteiger partial charge < -0.3 is 14.8 Å². The van der Waals surface area contributed by atoms with Gasteiger partial charge in [0, 0.05) is 23.8 Å². The molecule has 2 aromatic rings. The van der Waals surface area contributed by atoms with Crippen molar-refractivity contribution in [2.24, 2.45) is 5.92 Å². The maximum atomic E-state index is 13.3. The monoisotopic (exact) mass is 520 g/mol. The number of anilines is 1. The van der Waals surface area contributed by atoms with Crippen molar-refractivity contribution < 1.29 is 27.5 Å². The van der Waals surface area contributed by atoms with E-state index < -0.39 is 21.4 Å². The minimum Gasteiger partial charge on any atom is -0.495 e. The van der Waals surface area contributed by atoms with Gasteiger partial charge in [-0.2, -0.15) is 4.31 Å². The second-order valence-electron chi connectivity index (χ2n) is 8.87. The number of amides is 1. The predicted molar refractivity (Wildman–Crippen MR) is 132 cm³/mol. The zero-order valence-electron chi connectivity index (χ0n) is 19.8. The van der Waals surface area contributed by atoms with Crippen molar-refractivity contribution in [2.45, 2.75) is 42.9 Å². The van der Waals surface area contributed by atoms with Gasteiger partial charge in [-0.3, -0.25) is 9.59 Å². The van der Waals surface area contributed by atoms with Gasteiger partial charge in [0.1, 0.15) is 10.6 Å². The van der Waals surface area contributed by atoms with E-state index in [0.717, 1.165) is 18.4 Å². The molecule has 1 N–H and O–H groups in total. The standard InChI is InChI=1S/C25H29ClN2O6S/c1-3-34-24(30)25(12-13-25)18-6-9-20(10-7-18)27-23(29)17-5-4-14-28(16-17)35(31,32)22-15-19(26)8-11-21(22)33-2/h6-11,15,17H,3-5,12-14,16H2,1-2H3,(H,27,29). The van der Waals surface area contributed by atoms with E-state index in [2.05, 4.69) is 5.32 Å². The van der Waals surface area contributed by atoms with Crippen LogP contribution in [0.25, 0.3) is 0 Å². The van der Waals surface area contributed by atoms with E-state index in [1.54, 1.807) is 25.1 Å². The first-order chi connectivity index (χ1) is 16.7. The summed E-state index contributed by atoms with van der Waals surface area (Å²) in [5.41, 5.74) is 0.896. The summed E-state index contributed by atoms with van der Waals surface area (Å²) in [6.07, 6.45) is 2.64. The van der Waals surface area contributed by atoms with E-state index >= 15 is 0 Å². The molecule has 1 amide bonds. The van der Waals surface area contributed by atoms with Crippen molar-refractivity contribution in [1.29, 1.82) is 0 Å². The smallest absolute Gasteiger partial charge is 0.316 e. The first-order valence-electron chi connectivity index (χ1n) is 11.6. The fraction of sp³-hybridized carbons (Fsp3) is 0.440. The lowest BCUT2D eigenvalue weighted by Gasteiger charge is -2.31. The van der Waals surface area contributed by atoms with E-state index in [4.69, 9.17) is 21.1 Å². The molecule has 0 aromatic heterocycles. The lowest BCUT2D eigenvalue weighted by atomic mass is 9.95. The Morgan fingerprint density at radius 3 is 2.51 bits per heavy atom. The molecule has 0 radical (unpaired) electrons. The Balaban J connectivity index is 1.44. The van der Waals surface area contributed by atoms with Crippen LogP contribution in [0.5, 0.6) is 5.75 Å². The molecule has 1 aliphatic carbocycles. The molecular weight excluding hydrogens is 492 g/mol. The number of nitrogens with one attached hydrogen (secondary N) is 1. The van der Waals surface area contributed by atoms with Crippen molar-refractivity contribution in [2.75, 3.05) is 32.1 Å². The molecule has 1 atom stereocenters. The summed E-state index contributed by atoms with van der Waals surface area (Å²) in [5, 5.41) is 3.17. The van der Waals surface area contributed by atoms with Crippen LogP contribution in [0.2, 0.25) is 5.02 Å². The summed E-state index contributed by atoms with van der Waals surface area (Å²) in [7, 11) is -2.49. The molecule has 8 nitrogen and oxygen atoms in total. The van der Waals surface area contributed by atoms with Gasteiger partial charge in [0.2, 0.25) is 15.9 Å². The molecule has 4 rings (SSSR count). The number of benzene rings is 2. The van der Waals surface area contributed by atoms with Crippen molar-refractivity contribution in [3.05, 3.63) is 53.1 Å². The lowest BCUT2D eigenvalue weighted by Crippen LogP contribution is -2.43. The van der Waals surface area contributed by atoms with Crippen LogP contribution in [0.15, 0.2) is 47.4 Å². The zero-order valence-corrected chi connectivity index (χ0v) is 21.3. The zero-order chi connectivity index (χ0) is 25.2. The van der Waals surface area contributed by atoms with Gasteiger partial charge in [0.25, 0.3) is 0 Å². The van der Waals surface area contributed by atoms with Crippen LogP contribution >= 0.6 is 11.6 Å². The molecule has 35 heavy (non-hydrogen) atoms. The van der Waals surface area contributed by atoms with Gasteiger partial charge in [0.05, 0.1) is 25.0 Å². The molecule has 1 unspecified atom stereocenters. The molecule has 0 bridgehead atoms. The van der Waals surface area contributed by atoms with Crippen LogP contribution in [0, 0.1) is 5.92 Å². The Bertz CT molecular complexity index is 1210. The number of carbonyl (C=O) groups excluding carboxylic acids is 2.